The van der Waals surface area contributed by atoms with Crippen LogP contribution in [-0.2, 0) is 9.53 Å². The first-order valence-corrected chi connectivity index (χ1v) is 5.96. The molecule has 0 unspecified atom stereocenters. The quantitative estimate of drug-likeness (QED) is 0.690. The van der Waals surface area contributed by atoms with Crippen LogP contribution in [0.3, 0.4) is 0 Å². The highest BCUT2D eigenvalue weighted by molar-refractivity contribution is 5.79. The molecule has 92 valence electrons. The van der Waals surface area contributed by atoms with Crippen molar-refractivity contribution >= 4 is 5.91 Å². The van der Waals surface area contributed by atoms with E-state index in [-0.39, 0.29) is 11.9 Å². The second-order valence-corrected chi connectivity index (χ2v) is 3.90. The maximum absolute atomic E-state index is 12.0. The standard InChI is InChI=1S/C14H19NO2/c1-3-5-7-14(16)15(10-6-4-2)13-8-11-17-12-9-13/h13H,7-12H2,1-2H3. The predicted molar refractivity (Wildman–Crippen MR) is 67.1 cm³/mol. The Labute approximate surface area is 104 Å². The molecule has 1 rings (SSSR count). The van der Waals surface area contributed by atoms with Crippen molar-refractivity contribution in [1.82, 2.24) is 4.90 Å². The van der Waals surface area contributed by atoms with Crippen LogP contribution in [0.15, 0.2) is 0 Å². The van der Waals surface area contributed by atoms with Gasteiger partial charge in [0.05, 0.1) is 13.0 Å². The van der Waals surface area contributed by atoms with Crippen molar-refractivity contribution in [3.8, 4) is 23.7 Å². The molecule has 0 aromatic rings. The summed E-state index contributed by atoms with van der Waals surface area (Å²) in [4.78, 5) is 13.9. The Morgan fingerprint density at radius 3 is 2.47 bits per heavy atom. The summed E-state index contributed by atoms with van der Waals surface area (Å²) in [6.07, 6.45) is 2.09. The Bertz CT molecular complexity index is 361. The summed E-state index contributed by atoms with van der Waals surface area (Å²) in [6, 6.07) is 0.260. The highest BCUT2D eigenvalue weighted by atomic mass is 16.5. The maximum Gasteiger partial charge on any atom is 0.235 e. The van der Waals surface area contributed by atoms with Gasteiger partial charge < -0.3 is 9.64 Å². The summed E-state index contributed by atoms with van der Waals surface area (Å²) in [5, 5.41) is 0. The minimum atomic E-state index is 0.0778. The topological polar surface area (TPSA) is 29.5 Å². The van der Waals surface area contributed by atoms with Gasteiger partial charge in [0.15, 0.2) is 0 Å². The lowest BCUT2D eigenvalue weighted by atomic mass is 10.1. The minimum absolute atomic E-state index is 0.0778. The van der Waals surface area contributed by atoms with E-state index in [4.69, 9.17) is 4.74 Å². The van der Waals surface area contributed by atoms with Gasteiger partial charge in [-0.1, -0.05) is 11.8 Å². The normalized spacial score (nSPS) is 15.2. The van der Waals surface area contributed by atoms with Crippen molar-refractivity contribution < 1.29 is 9.53 Å². The van der Waals surface area contributed by atoms with Crippen LogP contribution in [0, 0.1) is 23.7 Å². The molecule has 1 amide bonds. The second kappa shape index (κ2) is 7.76. The molecule has 17 heavy (non-hydrogen) atoms. The van der Waals surface area contributed by atoms with E-state index in [0.29, 0.717) is 13.0 Å². The number of rotatable bonds is 3. The zero-order chi connectivity index (χ0) is 12.5. The fourth-order valence-electron chi connectivity index (χ4n) is 1.85. The van der Waals surface area contributed by atoms with Gasteiger partial charge in [0, 0.05) is 19.3 Å². The van der Waals surface area contributed by atoms with Gasteiger partial charge in [-0.25, -0.2) is 0 Å². The SMILES string of the molecule is CC#CCC(=O)N(CC#CC)C1CCOCC1. The molecule has 0 spiro atoms. The van der Waals surface area contributed by atoms with E-state index in [9.17, 15) is 4.79 Å². The van der Waals surface area contributed by atoms with Gasteiger partial charge >= 0.3 is 0 Å². The molecular weight excluding hydrogens is 214 g/mol. The number of carbonyl (C=O) groups excluding carboxylic acids is 1. The third kappa shape index (κ3) is 4.51. The largest absolute Gasteiger partial charge is 0.381 e. The zero-order valence-corrected chi connectivity index (χ0v) is 10.6. The Hall–Kier alpha value is -1.45. The van der Waals surface area contributed by atoms with E-state index >= 15 is 0 Å². The number of ether oxygens (including phenoxy) is 1. The first-order chi connectivity index (χ1) is 8.29. The number of nitrogens with zero attached hydrogens (tertiary/aromatic N) is 1. The molecule has 0 saturated carbocycles. The van der Waals surface area contributed by atoms with Gasteiger partial charge in [0.25, 0.3) is 0 Å². The highest BCUT2D eigenvalue weighted by Gasteiger charge is 2.24. The van der Waals surface area contributed by atoms with Crippen LogP contribution in [0.25, 0.3) is 0 Å². The zero-order valence-electron chi connectivity index (χ0n) is 10.6. The van der Waals surface area contributed by atoms with E-state index in [0.717, 1.165) is 26.1 Å². The van der Waals surface area contributed by atoms with Gasteiger partial charge in [-0.3, -0.25) is 4.79 Å². The summed E-state index contributed by atoms with van der Waals surface area (Å²) in [5.74, 6) is 11.5. The number of carbonyl (C=O) groups is 1. The summed E-state index contributed by atoms with van der Waals surface area (Å²) >= 11 is 0. The van der Waals surface area contributed by atoms with Crippen molar-refractivity contribution in [1.29, 1.82) is 0 Å². The fourth-order valence-corrected chi connectivity index (χ4v) is 1.85. The lowest BCUT2D eigenvalue weighted by Crippen LogP contribution is -2.43. The Balaban J connectivity index is 2.64. The molecule has 1 aliphatic rings. The van der Waals surface area contributed by atoms with E-state index in [1.165, 1.54) is 0 Å². The molecule has 0 atom stereocenters. The first kappa shape index (κ1) is 13.6. The van der Waals surface area contributed by atoms with Crippen LogP contribution in [0.5, 0.6) is 0 Å². The average molecular weight is 233 g/mol. The van der Waals surface area contributed by atoms with Gasteiger partial charge in [0.1, 0.15) is 0 Å². The van der Waals surface area contributed by atoms with Crippen LogP contribution in [-0.4, -0.2) is 36.6 Å². The summed E-state index contributed by atoms with van der Waals surface area (Å²) in [7, 11) is 0. The Morgan fingerprint density at radius 1 is 1.24 bits per heavy atom. The summed E-state index contributed by atoms with van der Waals surface area (Å²) in [5.41, 5.74) is 0. The Morgan fingerprint density at radius 2 is 1.88 bits per heavy atom. The van der Waals surface area contributed by atoms with Crippen molar-refractivity contribution in [2.45, 2.75) is 39.2 Å². The molecule has 3 heteroatoms. The molecule has 0 aromatic carbocycles. The predicted octanol–water partition coefficient (Wildman–Crippen LogP) is 1.43. The fraction of sp³-hybridized carbons (Fsp3) is 0.643. The molecular formula is C14H19NO2. The molecule has 0 N–H and O–H groups in total. The van der Waals surface area contributed by atoms with Gasteiger partial charge in [-0.15, -0.1) is 11.8 Å². The molecule has 0 radical (unpaired) electrons. The van der Waals surface area contributed by atoms with Gasteiger partial charge in [0.2, 0.25) is 5.91 Å². The van der Waals surface area contributed by atoms with Crippen molar-refractivity contribution in [2.75, 3.05) is 19.8 Å². The molecule has 3 nitrogen and oxygen atoms in total. The number of amides is 1. The van der Waals surface area contributed by atoms with Crippen LogP contribution in [0.1, 0.15) is 33.1 Å². The minimum Gasteiger partial charge on any atom is -0.381 e. The van der Waals surface area contributed by atoms with Crippen molar-refractivity contribution in [2.24, 2.45) is 0 Å². The summed E-state index contributed by atoms with van der Waals surface area (Å²) < 4.78 is 5.31. The van der Waals surface area contributed by atoms with Crippen LogP contribution >= 0.6 is 0 Å². The highest BCUT2D eigenvalue weighted by Crippen LogP contribution is 2.15. The second-order valence-electron chi connectivity index (χ2n) is 3.90. The lowest BCUT2D eigenvalue weighted by Gasteiger charge is -2.32. The van der Waals surface area contributed by atoms with Crippen LogP contribution in [0.2, 0.25) is 0 Å². The maximum atomic E-state index is 12.0. The van der Waals surface area contributed by atoms with Crippen LogP contribution < -0.4 is 0 Å². The first-order valence-electron chi connectivity index (χ1n) is 5.96. The smallest absolute Gasteiger partial charge is 0.235 e. The van der Waals surface area contributed by atoms with E-state index < -0.39 is 0 Å². The van der Waals surface area contributed by atoms with E-state index in [1.54, 1.807) is 13.8 Å². The Kier molecular flexibility index (Phi) is 6.22. The molecule has 1 fully saturated rings. The van der Waals surface area contributed by atoms with Gasteiger partial charge in [-0.2, -0.15) is 0 Å². The molecule has 0 aliphatic carbocycles. The van der Waals surface area contributed by atoms with Crippen LogP contribution in [0.4, 0.5) is 0 Å². The average Bonchev–Trinajstić information content (AvgIpc) is 2.38. The van der Waals surface area contributed by atoms with Crippen molar-refractivity contribution in [3.05, 3.63) is 0 Å². The third-order valence-corrected chi connectivity index (χ3v) is 2.79. The van der Waals surface area contributed by atoms with E-state index in [2.05, 4.69) is 23.7 Å². The molecule has 1 heterocycles. The molecule has 1 saturated heterocycles. The number of hydrogen-bond donors (Lipinski definition) is 0. The van der Waals surface area contributed by atoms with E-state index in [1.807, 2.05) is 4.90 Å². The van der Waals surface area contributed by atoms with Crippen molar-refractivity contribution in [3.63, 3.8) is 0 Å². The third-order valence-electron chi connectivity index (χ3n) is 2.79. The monoisotopic (exact) mass is 233 g/mol. The lowest BCUT2D eigenvalue weighted by molar-refractivity contribution is -0.133. The molecule has 1 aliphatic heterocycles. The summed E-state index contributed by atoms with van der Waals surface area (Å²) in [6.45, 7) is 5.50. The molecule has 0 bridgehead atoms. The molecule has 0 aromatic heterocycles. The number of hydrogen-bond acceptors (Lipinski definition) is 2. The van der Waals surface area contributed by atoms with Gasteiger partial charge in [-0.05, 0) is 26.7 Å².